The Bertz CT molecular complexity index is 1090. The standard InChI is InChI=1S/C27H35N5O4/c1-18-28-11-10-26(30-18)36-21-6-4-20(5-7-21)35-25-15-19(32-16-22-8-9-23(17-32)34-22)14-24(29-12-13-33)27(25)31(2)3/h10-15,20-23H,4-9,16-17H2,1-3H3/b29-12-/t20-,21+,22?,23?. The molecule has 2 aliphatic heterocycles. The van der Waals surface area contributed by atoms with E-state index >= 15 is 0 Å². The van der Waals surface area contributed by atoms with Gasteiger partial charge in [-0.15, -0.1) is 0 Å². The molecule has 2 atom stereocenters. The predicted octanol–water partition coefficient (Wildman–Crippen LogP) is 3.89. The zero-order chi connectivity index (χ0) is 25.1. The van der Waals surface area contributed by atoms with Crippen molar-refractivity contribution in [1.82, 2.24) is 9.97 Å². The van der Waals surface area contributed by atoms with Crippen LogP contribution in [0.5, 0.6) is 11.6 Å². The second kappa shape index (κ2) is 10.8. The van der Waals surface area contributed by atoms with Crippen LogP contribution in [0.3, 0.4) is 0 Å². The van der Waals surface area contributed by atoms with Gasteiger partial charge >= 0.3 is 0 Å². The summed E-state index contributed by atoms with van der Waals surface area (Å²) in [4.78, 5) is 28.4. The third-order valence-electron chi connectivity index (χ3n) is 7.12. The number of morpholine rings is 1. The molecule has 0 amide bonds. The zero-order valence-corrected chi connectivity index (χ0v) is 21.3. The number of benzene rings is 1. The van der Waals surface area contributed by atoms with E-state index in [-0.39, 0.29) is 24.4 Å². The van der Waals surface area contributed by atoms with E-state index < -0.39 is 0 Å². The molecule has 1 saturated carbocycles. The van der Waals surface area contributed by atoms with Crippen molar-refractivity contribution in [3.63, 3.8) is 0 Å². The van der Waals surface area contributed by atoms with Crippen LogP contribution in [-0.2, 0) is 9.53 Å². The summed E-state index contributed by atoms with van der Waals surface area (Å²) >= 11 is 0. The van der Waals surface area contributed by atoms with Gasteiger partial charge in [-0.3, -0.25) is 9.79 Å². The molecule has 3 heterocycles. The van der Waals surface area contributed by atoms with Gasteiger partial charge in [0.05, 0.1) is 30.2 Å². The van der Waals surface area contributed by atoms with E-state index in [1.54, 1.807) is 6.20 Å². The Morgan fingerprint density at radius 3 is 2.39 bits per heavy atom. The molecule has 3 fully saturated rings. The third kappa shape index (κ3) is 5.61. The van der Waals surface area contributed by atoms with Gasteiger partial charge in [0, 0.05) is 51.2 Å². The molecule has 9 heteroatoms. The minimum atomic E-state index is 0.0784. The Morgan fingerprint density at radius 2 is 1.75 bits per heavy atom. The molecule has 9 nitrogen and oxygen atoms in total. The molecule has 5 rings (SSSR count). The maximum absolute atomic E-state index is 11.1. The van der Waals surface area contributed by atoms with Gasteiger partial charge in [-0.05, 0) is 51.5 Å². The molecule has 2 bridgehead atoms. The van der Waals surface area contributed by atoms with E-state index in [0.717, 1.165) is 74.4 Å². The normalized spacial score (nSPS) is 25.7. The molecule has 0 spiro atoms. The molecule has 2 saturated heterocycles. The average molecular weight is 494 g/mol. The van der Waals surface area contributed by atoms with Crippen LogP contribution in [0.2, 0.25) is 0 Å². The molecule has 1 aromatic heterocycles. The number of ether oxygens (including phenoxy) is 3. The van der Waals surface area contributed by atoms with Gasteiger partial charge in [0.25, 0.3) is 0 Å². The maximum Gasteiger partial charge on any atom is 0.216 e. The summed E-state index contributed by atoms with van der Waals surface area (Å²) in [6, 6.07) is 6.00. The highest BCUT2D eigenvalue weighted by Gasteiger charge is 2.34. The SMILES string of the molecule is Cc1nccc(O[C@H]2CC[C@@H](Oc3cc(N4CC5CCC(C4)O5)cc(/N=C\C=O)c3N(C)C)CC2)n1. The number of fused-ring (bicyclic) bond motifs is 2. The molecule has 3 aliphatic rings. The first-order chi connectivity index (χ1) is 17.5. The summed E-state index contributed by atoms with van der Waals surface area (Å²) in [6.07, 6.45) is 10.3. The monoisotopic (exact) mass is 493 g/mol. The van der Waals surface area contributed by atoms with Crippen molar-refractivity contribution in [3.8, 4) is 11.6 Å². The number of anilines is 2. The second-order valence-electron chi connectivity index (χ2n) is 10.1. The number of aromatic nitrogens is 2. The minimum Gasteiger partial charge on any atom is -0.488 e. The molecule has 0 N–H and O–H groups in total. The fourth-order valence-electron chi connectivity index (χ4n) is 5.45. The Morgan fingerprint density at radius 1 is 1.06 bits per heavy atom. The van der Waals surface area contributed by atoms with Crippen LogP contribution < -0.4 is 19.3 Å². The van der Waals surface area contributed by atoms with E-state index in [1.165, 1.54) is 6.21 Å². The molecule has 1 aromatic carbocycles. The minimum absolute atomic E-state index is 0.0784. The van der Waals surface area contributed by atoms with E-state index in [2.05, 4.69) is 32.0 Å². The summed E-state index contributed by atoms with van der Waals surface area (Å²) in [5.41, 5.74) is 2.67. The van der Waals surface area contributed by atoms with Crippen molar-refractivity contribution in [1.29, 1.82) is 0 Å². The lowest BCUT2D eigenvalue weighted by molar-refractivity contribution is -0.102. The second-order valence-corrected chi connectivity index (χ2v) is 10.1. The van der Waals surface area contributed by atoms with Crippen LogP contribution in [0.25, 0.3) is 0 Å². The van der Waals surface area contributed by atoms with Crippen molar-refractivity contribution in [3.05, 3.63) is 30.2 Å². The Hall–Kier alpha value is -3.20. The first-order valence-corrected chi connectivity index (χ1v) is 12.8. The molecule has 36 heavy (non-hydrogen) atoms. The number of rotatable bonds is 8. The lowest BCUT2D eigenvalue weighted by Crippen LogP contribution is -2.42. The number of carbonyl (C=O) groups is 1. The number of aryl methyl sites for hydroxylation is 1. The predicted molar refractivity (Wildman–Crippen MR) is 139 cm³/mol. The summed E-state index contributed by atoms with van der Waals surface area (Å²) in [7, 11) is 3.95. The van der Waals surface area contributed by atoms with Gasteiger partial charge in [-0.25, -0.2) is 4.98 Å². The van der Waals surface area contributed by atoms with E-state index in [4.69, 9.17) is 14.2 Å². The van der Waals surface area contributed by atoms with Crippen molar-refractivity contribution in [2.24, 2.45) is 4.99 Å². The topological polar surface area (TPSA) is 89.4 Å². The van der Waals surface area contributed by atoms with Crippen LogP contribution >= 0.6 is 0 Å². The van der Waals surface area contributed by atoms with Crippen molar-refractivity contribution in [2.45, 2.75) is 69.9 Å². The quantitative estimate of drug-likeness (QED) is 0.404. The Labute approximate surface area is 212 Å². The number of aliphatic imine (C=N–C) groups is 1. The highest BCUT2D eigenvalue weighted by molar-refractivity contribution is 6.14. The smallest absolute Gasteiger partial charge is 0.216 e. The molecule has 2 aromatic rings. The highest BCUT2D eigenvalue weighted by Crippen LogP contribution is 2.43. The first kappa shape index (κ1) is 24.5. The Balaban J connectivity index is 1.34. The van der Waals surface area contributed by atoms with Gasteiger partial charge in [-0.1, -0.05) is 0 Å². The molecular formula is C27H35N5O4. The van der Waals surface area contributed by atoms with Gasteiger partial charge in [-0.2, -0.15) is 4.98 Å². The number of carbonyl (C=O) groups excluding carboxylic acids is 1. The number of hydrogen-bond acceptors (Lipinski definition) is 9. The van der Waals surface area contributed by atoms with Gasteiger partial charge < -0.3 is 24.0 Å². The third-order valence-corrected chi connectivity index (χ3v) is 7.12. The van der Waals surface area contributed by atoms with Gasteiger partial charge in [0.15, 0.2) is 6.29 Å². The van der Waals surface area contributed by atoms with Crippen molar-refractivity contribution >= 4 is 29.6 Å². The summed E-state index contributed by atoms with van der Waals surface area (Å²) in [5, 5.41) is 0. The van der Waals surface area contributed by atoms with E-state index in [9.17, 15) is 4.79 Å². The largest absolute Gasteiger partial charge is 0.488 e. The molecule has 1 aliphatic carbocycles. The lowest BCUT2D eigenvalue weighted by Gasteiger charge is -2.35. The van der Waals surface area contributed by atoms with Crippen molar-refractivity contribution in [2.75, 3.05) is 37.0 Å². The lowest BCUT2D eigenvalue weighted by atomic mass is 9.95. The molecule has 2 unspecified atom stereocenters. The van der Waals surface area contributed by atoms with E-state index in [1.807, 2.05) is 32.0 Å². The summed E-state index contributed by atoms with van der Waals surface area (Å²) in [5.74, 6) is 2.14. The fraction of sp³-hybridized carbons (Fsp3) is 0.556. The first-order valence-electron chi connectivity index (χ1n) is 12.8. The number of nitrogens with zero attached hydrogens (tertiary/aromatic N) is 5. The van der Waals surface area contributed by atoms with Crippen LogP contribution in [0, 0.1) is 6.92 Å². The van der Waals surface area contributed by atoms with Crippen LogP contribution in [-0.4, -0.2) is 74.1 Å². The molecule has 192 valence electrons. The summed E-state index contributed by atoms with van der Waals surface area (Å²) < 4.78 is 18.8. The van der Waals surface area contributed by atoms with Crippen molar-refractivity contribution < 1.29 is 19.0 Å². The fourth-order valence-corrected chi connectivity index (χ4v) is 5.45. The summed E-state index contributed by atoms with van der Waals surface area (Å²) in [6.45, 7) is 3.58. The van der Waals surface area contributed by atoms with Gasteiger partial charge in [0.2, 0.25) is 5.88 Å². The highest BCUT2D eigenvalue weighted by atomic mass is 16.5. The van der Waals surface area contributed by atoms with Crippen LogP contribution in [0.15, 0.2) is 29.4 Å². The number of aldehydes is 1. The molecule has 0 radical (unpaired) electrons. The Kier molecular flexibility index (Phi) is 7.36. The van der Waals surface area contributed by atoms with Crippen LogP contribution in [0.4, 0.5) is 17.1 Å². The van der Waals surface area contributed by atoms with Crippen LogP contribution in [0.1, 0.15) is 44.3 Å². The maximum atomic E-state index is 11.1. The number of hydrogen-bond donors (Lipinski definition) is 0. The molecular weight excluding hydrogens is 458 g/mol. The van der Waals surface area contributed by atoms with Gasteiger partial charge in [0.1, 0.15) is 23.4 Å². The average Bonchev–Trinajstić information content (AvgIpc) is 3.20. The zero-order valence-electron chi connectivity index (χ0n) is 21.3. The van der Waals surface area contributed by atoms with E-state index in [0.29, 0.717) is 18.0 Å².